The van der Waals surface area contributed by atoms with Gasteiger partial charge in [0.15, 0.2) is 0 Å². The Bertz CT molecular complexity index is 960. The summed E-state index contributed by atoms with van der Waals surface area (Å²) in [5.41, 5.74) is 1.11. The van der Waals surface area contributed by atoms with Crippen LogP contribution in [0.25, 0.3) is 5.69 Å². The number of anilines is 1. The molecular weight excluding hydrogens is 316 g/mol. The molecule has 23 heavy (non-hydrogen) atoms. The van der Waals surface area contributed by atoms with Crippen molar-refractivity contribution in [3.8, 4) is 5.69 Å². The molecule has 2 aromatic carbocycles. The molecule has 0 amide bonds. The Morgan fingerprint density at radius 3 is 2.30 bits per heavy atom. The fourth-order valence-corrected chi connectivity index (χ4v) is 3.27. The first kappa shape index (κ1) is 15.0. The lowest BCUT2D eigenvalue weighted by Gasteiger charge is -2.19. The molecule has 8 heteroatoms. The molecule has 1 aromatic heterocycles. The van der Waals surface area contributed by atoms with E-state index in [2.05, 4.69) is 9.79 Å². The van der Waals surface area contributed by atoms with Crippen molar-refractivity contribution >= 4 is 15.7 Å². The first-order valence-corrected chi connectivity index (χ1v) is 8.17. The van der Waals surface area contributed by atoms with Crippen molar-refractivity contribution in [3.63, 3.8) is 0 Å². The lowest BCUT2D eigenvalue weighted by molar-refractivity contribution is -0.676. The van der Waals surface area contributed by atoms with E-state index in [1.165, 1.54) is 34.4 Å². The van der Waals surface area contributed by atoms with Crippen LogP contribution in [0, 0.1) is 5.41 Å². The molecule has 0 aliphatic heterocycles. The van der Waals surface area contributed by atoms with Crippen LogP contribution in [0.4, 0.5) is 5.69 Å². The molecule has 1 N–H and O–H groups in total. The predicted molar refractivity (Wildman–Crippen MR) is 81.4 cm³/mol. The largest absolute Gasteiger partial charge is 0.487 e. The monoisotopic (exact) mass is 330 g/mol. The van der Waals surface area contributed by atoms with Gasteiger partial charge in [-0.05, 0) is 24.3 Å². The summed E-state index contributed by atoms with van der Waals surface area (Å²) in [4.78, 5) is 0.169. The van der Waals surface area contributed by atoms with E-state index in [9.17, 15) is 8.42 Å². The van der Waals surface area contributed by atoms with E-state index in [4.69, 9.17) is 5.41 Å². The second kappa shape index (κ2) is 5.73. The van der Waals surface area contributed by atoms with E-state index >= 15 is 0 Å². The van der Waals surface area contributed by atoms with Crippen LogP contribution in [0.3, 0.4) is 0 Å². The Hall–Kier alpha value is -2.87. The molecule has 0 aliphatic rings. The second-order valence-electron chi connectivity index (χ2n) is 4.81. The first-order chi connectivity index (χ1) is 11.0. The van der Waals surface area contributed by atoms with E-state index in [1.807, 2.05) is 6.07 Å². The normalized spacial score (nSPS) is 11.3. The van der Waals surface area contributed by atoms with Gasteiger partial charge in [0.05, 0.1) is 10.6 Å². The highest BCUT2D eigenvalue weighted by molar-refractivity contribution is 7.92. The lowest BCUT2D eigenvalue weighted by Crippen LogP contribution is -2.34. The van der Waals surface area contributed by atoms with Crippen molar-refractivity contribution in [2.45, 2.75) is 4.90 Å². The Morgan fingerprint density at radius 1 is 1.09 bits per heavy atom. The number of sulfonamides is 1. The van der Waals surface area contributed by atoms with Crippen molar-refractivity contribution in [2.75, 3.05) is 11.4 Å². The molecule has 3 rings (SSSR count). The van der Waals surface area contributed by atoms with Crippen molar-refractivity contribution in [1.29, 1.82) is 5.41 Å². The van der Waals surface area contributed by atoms with E-state index in [1.54, 1.807) is 36.4 Å². The van der Waals surface area contributed by atoms with Gasteiger partial charge in [-0.3, -0.25) is 15.0 Å². The van der Waals surface area contributed by atoms with Gasteiger partial charge < -0.3 is 4.52 Å². The van der Waals surface area contributed by atoms with Gasteiger partial charge in [-0.2, -0.15) is 0 Å². The third kappa shape index (κ3) is 2.88. The van der Waals surface area contributed by atoms with E-state index < -0.39 is 10.0 Å². The molecule has 0 radical (unpaired) electrons. The van der Waals surface area contributed by atoms with E-state index in [0.29, 0.717) is 11.4 Å². The Kier molecular flexibility index (Phi) is 3.75. The molecule has 0 atom stereocenters. The minimum Gasteiger partial charge on any atom is -0.487 e. The zero-order valence-electron chi connectivity index (χ0n) is 12.2. The lowest BCUT2D eigenvalue weighted by atomic mass is 10.3. The smallest absolute Gasteiger partial charge is 0.265 e. The van der Waals surface area contributed by atoms with Gasteiger partial charge >= 0.3 is 0 Å². The van der Waals surface area contributed by atoms with Crippen molar-refractivity contribution < 1.29 is 17.6 Å². The molecule has 1 heterocycles. The number of rotatable bonds is 4. The average Bonchev–Trinajstić information content (AvgIpc) is 3.01. The minimum atomic E-state index is -3.64. The SMILES string of the molecule is CN(c1ccccc1)S(=O)(=O)c1ccc(-[n+]2cc(=N)o[n-]2)cc1. The summed E-state index contributed by atoms with van der Waals surface area (Å²) in [7, 11) is -2.13. The van der Waals surface area contributed by atoms with E-state index in [0.717, 1.165) is 0 Å². The highest BCUT2D eigenvalue weighted by Gasteiger charge is 2.21. The van der Waals surface area contributed by atoms with Crippen LogP contribution in [-0.2, 0) is 10.0 Å². The number of benzene rings is 2. The van der Waals surface area contributed by atoms with Crippen LogP contribution in [0.15, 0.2) is 70.2 Å². The van der Waals surface area contributed by atoms with Crippen LogP contribution >= 0.6 is 0 Å². The van der Waals surface area contributed by atoms with Crippen LogP contribution in [0.5, 0.6) is 0 Å². The average molecular weight is 330 g/mol. The van der Waals surface area contributed by atoms with Gasteiger partial charge in [0.25, 0.3) is 15.6 Å². The van der Waals surface area contributed by atoms with Gasteiger partial charge in [-0.1, -0.05) is 18.2 Å². The minimum absolute atomic E-state index is 0.0782. The van der Waals surface area contributed by atoms with Crippen LogP contribution in [-0.4, -0.2) is 15.5 Å². The Morgan fingerprint density at radius 2 is 1.74 bits per heavy atom. The zero-order valence-corrected chi connectivity index (χ0v) is 13.1. The maximum atomic E-state index is 12.6. The fraction of sp³-hybridized carbons (Fsp3) is 0.0667. The maximum absolute atomic E-state index is 12.6. The van der Waals surface area contributed by atoms with Gasteiger partial charge in [0.1, 0.15) is 0 Å². The van der Waals surface area contributed by atoms with Crippen LogP contribution < -0.4 is 19.8 Å². The molecule has 0 fully saturated rings. The molecule has 0 unspecified atom stereocenters. The van der Waals surface area contributed by atoms with Gasteiger partial charge in [-0.25, -0.2) is 13.1 Å². The standard InChI is InChI=1S/C15H14N4O3S/c1-18(12-5-3-2-4-6-12)23(20,21)14-9-7-13(8-10-14)19-11-15(16)22-17-19/h2-11,16H,1H3. The molecule has 7 nitrogen and oxygen atoms in total. The fourth-order valence-electron chi connectivity index (χ4n) is 2.07. The topological polar surface area (TPSA) is 92.4 Å². The quantitative estimate of drug-likeness (QED) is 0.717. The summed E-state index contributed by atoms with van der Waals surface area (Å²) in [6.07, 6.45) is 1.39. The summed E-state index contributed by atoms with van der Waals surface area (Å²) in [6, 6.07) is 15.1. The third-order valence-corrected chi connectivity index (χ3v) is 5.15. The first-order valence-electron chi connectivity index (χ1n) is 6.73. The summed E-state index contributed by atoms with van der Waals surface area (Å²) in [5.74, 6) is 0. The number of nitrogens with one attached hydrogen (secondary N) is 1. The Balaban J connectivity index is 1.93. The molecule has 0 saturated heterocycles. The molecule has 0 saturated carbocycles. The summed E-state index contributed by atoms with van der Waals surface area (Å²) >= 11 is 0. The highest BCUT2D eigenvalue weighted by Crippen LogP contribution is 2.21. The molecular formula is C15H14N4O3S. The number of para-hydroxylation sites is 1. The number of nitrogens with zero attached hydrogens (tertiary/aromatic N) is 3. The summed E-state index contributed by atoms with van der Waals surface area (Å²) in [5, 5.41) is 11.0. The second-order valence-corrected chi connectivity index (χ2v) is 6.78. The molecule has 118 valence electrons. The molecule has 0 bridgehead atoms. The molecule has 0 spiro atoms. The maximum Gasteiger partial charge on any atom is 0.265 e. The van der Waals surface area contributed by atoms with E-state index in [-0.39, 0.29) is 10.4 Å². The highest BCUT2D eigenvalue weighted by atomic mass is 32.2. The van der Waals surface area contributed by atoms with Crippen molar-refractivity contribution in [1.82, 2.24) is 5.27 Å². The van der Waals surface area contributed by atoms with Gasteiger partial charge in [0.2, 0.25) is 11.9 Å². The van der Waals surface area contributed by atoms with Crippen molar-refractivity contribution in [2.24, 2.45) is 0 Å². The molecule has 0 aliphatic carbocycles. The van der Waals surface area contributed by atoms with Gasteiger partial charge in [-0.15, -0.1) is 0 Å². The zero-order chi connectivity index (χ0) is 16.4. The number of aromatic nitrogens is 2. The Labute approximate surface area is 132 Å². The van der Waals surface area contributed by atoms with Crippen molar-refractivity contribution in [3.05, 3.63) is 66.3 Å². The number of hydrogen-bond acceptors (Lipinski definition) is 4. The van der Waals surface area contributed by atoms with Gasteiger partial charge in [0, 0.05) is 19.2 Å². The van der Waals surface area contributed by atoms with Crippen LogP contribution in [0.2, 0.25) is 0 Å². The molecule has 3 aromatic rings. The third-order valence-electron chi connectivity index (χ3n) is 3.35. The van der Waals surface area contributed by atoms with Crippen LogP contribution in [0.1, 0.15) is 0 Å². The number of hydrogen-bond donors (Lipinski definition) is 1. The summed E-state index contributed by atoms with van der Waals surface area (Å²) < 4.78 is 32.5. The predicted octanol–water partition coefficient (Wildman–Crippen LogP) is 0.818. The summed E-state index contributed by atoms with van der Waals surface area (Å²) in [6.45, 7) is 0.